The summed E-state index contributed by atoms with van der Waals surface area (Å²) in [5.74, 6) is 0.680. The molecule has 4 heteroatoms. The summed E-state index contributed by atoms with van der Waals surface area (Å²) in [6, 6.07) is -0.0777. The number of alkyl halides is 1. The smallest absolute Gasteiger partial charge is 0.145 e. The maximum Gasteiger partial charge on any atom is 0.145 e. The molecule has 0 aliphatic heterocycles. The quantitative estimate of drug-likeness (QED) is 0.785. The Hall–Kier alpha value is -1.19. The summed E-state index contributed by atoms with van der Waals surface area (Å²) < 4.78 is 13.3. The second-order valence-corrected chi connectivity index (χ2v) is 3.74. The van der Waals surface area contributed by atoms with E-state index in [2.05, 4.69) is 15.3 Å². The van der Waals surface area contributed by atoms with Gasteiger partial charge in [-0.15, -0.1) is 0 Å². The molecule has 0 aromatic carbocycles. The highest BCUT2D eigenvalue weighted by Crippen LogP contribution is 2.24. The highest BCUT2D eigenvalue weighted by atomic mass is 19.1. The van der Waals surface area contributed by atoms with Crippen LogP contribution >= 0.6 is 0 Å². The lowest BCUT2D eigenvalue weighted by Crippen LogP contribution is -2.25. The molecule has 1 heterocycles. The van der Waals surface area contributed by atoms with Gasteiger partial charge in [-0.25, -0.2) is 9.37 Å². The maximum absolute atomic E-state index is 13.3. The van der Waals surface area contributed by atoms with E-state index < -0.39 is 6.17 Å². The minimum absolute atomic E-state index is 0.0777. The predicted molar refractivity (Wildman–Crippen MR) is 52.9 cm³/mol. The summed E-state index contributed by atoms with van der Waals surface area (Å²) in [5.41, 5.74) is 0.850. The molecule has 0 bridgehead atoms. The number of nitrogens with one attached hydrogen (secondary N) is 1. The van der Waals surface area contributed by atoms with E-state index in [1.807, 2.05) is 6.92 Å². The summed E-state index contributed by atoms with van der Waals surface area (Å²) in [7, 11) is 0. The molecule has 2 rings (SSSR count). The van der Waals surface area contributed by atoms with E-state index in [9.17, 15) is 4.39 Å². The summed E-state index contributed by atoms with van der Waals surface area (Å²) in [5, 5.41) is 3.08. The Morgan fingerprint density at radius 3 is 2.93 bits per heavy atom. The van der Waals surface area contributed by atoms with Crippen LogP contribution in [0.1, 0.15) is 25.0 Å². The first-order valence-corrected chi connectivity index (χ1v) is 4.95. The zero-order chi connectivity index (χ0) is 9.97. The highest BCUT2D eigenvalue weighted by Gasteiger charge is 2.26. The first-order valence-electron chi connectivity index (χ1n) is 4.95. The van der Waals surface area contributed by atoms with Crippen molar-refractivity contribution in [3.63, 3.8) is 0 Å². The van der Waals surface area contributed by atoms with Crippen molar-refractivity contribution in [3.8, 4) is 0 Å². The molecular weight excluding hydrogens is 181 g/mol. The Balaban J connectivity index is 2.03. The Morgan fingerprint density at radius 1 is 1.43 bits per heavy atom. The molecule has 0 saturated heterocycles. The third kappa shape index (κ3) is 2.00. The number of aromatic nitrogens is 2. The minimum atomic E-state index is -0.739. The molecule has 1 N–H and O–H groups in total. The van der Waals surface area contributed by atoms with Crippen LogP contribution in [0.5, 0.6) is 0 Å². The second kappa shape index (κ2) is 3.90. The van der Waals surface area contributed by atoms with Gasteiger partial charge in [0.05, 0.1) is 17.9 Å². The van der Waals surface area contributed by atoms with Crippen molar-refractivity contribution in [3.05, 3.63) is 18.1 Å². The topological polar surface area (TPSA) is 37.8 Å². The first kappa shape index (κ1) is 9.37. The molecule has 0 spiro atoms. The van der Waals surface area contributed by atoms with Crippen molar-refractivity contribution >= 4 is 5.82 Å². The molecule has 1 aromatic rings. The lowest BCUT2D eigenvalue weighted by Gasteiger charge is -2.15. The number of halogens is 1. The fourth-order valence-corrected chi connectivity index (χ4v) is 1.80. The SMILES string of the molecule is Cc1cncc(NC2CCCC2F)n1. The number of hydrogen-bond acceptors (Lipinski definition) is 3. The van der Waals surface area contributed by atoms with Gasteiger partial charge in [0, 0.05) is 6.20 Å². The van der Waals surface area contributed by atoms with Crippen molar-refractivity contribution in [1.82, 2.24) is 9.97 Å². The van der Waals surface area contributed by atoms with E-state index >= 15 is 0 Å². The standard InChI is InChI=1S/C10H14FN3/c1-7-5-12-6-10(13-7)14-9-4-2-3-8(9)11/h5-6,8-9H,2-4H2,1H3,(H,13,14). The highest BCUT2D eigenvalue weighted by molar-refractivity contribution is 5.33. The average Bonchev–Trinajstić information content (AvgIpc) is 2.52. The number of anilines is 1. The van der Waals surface area contributed by atoms with Gasteiger partial charge in [0.25, 0.3) is 0 Å². The van der Waals surface area contributed by atoms with Crippen LogP contribution < -0.4 is 5.32 Å². The van der Waals surface area contributed by atoms with E-state index in [4.69, 9.17) is 0 Å². The van der Waals surface area contributed by atoms with Gasteiger partial charge in [0.2, 0.25) is 0 Å². The molecule has 0 radical (unpaired) electrons. The number of aryl methyl sites for hydroxylation is 1. The maximum atomic E-state index is 13.3. The lowest BCUT2D eigenvalue weighted by molar-refractivity contribution is 0.323. The Bertz CT molecular complexity index is 316. The summed E-state index contributed by atoms with van der Waals surface area (Å²) in [6.07, 6.45) is 5.09. The van der Waals surface area contributed by atoms with E-state index in [1.54, 1.807) is 12.4 Å². The molecule has 1 saturated carbocycles. The Labute approximate surface area is 82.8 Å². The molecule has 1 aromatic heterocycles. The monoisotopic (exact) mass is 195 g/mol. The van der Waals surface area contributed by atoms with Crippen molar-refractivity contribution in [2.45, 2.75) is 38.4 Å². The van der Waals surface area contributed by atoms with Crippen LogP contribution in [-0.4, -0.2) is 22.2 Å². The van der Waals surface area contributed by atoms with Crippen molar-refractivity contribution in [2.75, 3.05) is 5.32 Å². The molecule has 14 heavy (non-hydrogen) atoms. The first-order chi connectivity index (χ1) is 6.75. The van der Waals surface area contributed by atoms with Gasteiger partial charge < -0.3 is 5.32 Å². The Morgan fingerprint density at radius 2 is 2.29 bits per heavy atom. The van der Waals surface area contributed by atoms with Crippen LogP contribution in [0.4, 0.5) is 10.2 Å². The number of nitrogens with zero attached hydrogens (tertiary/aromatic N) is 2. The van der Waals surface area contributed by atoms with E-state index in [0.717, 1.165) is 18.5 Å². The summed E-state index contributed by atoms with van der Waals surface area (Å²) in [4.78, 5) is 8.23. The molecule has 0 amide bonds. The van der Waals surface area contributed by atoms with Crippen molar-refractivity contribution < 1.29 is 4.39 Å². The fourth-order valence-electron chi connectivity index (χ4n) is 1.80. The Kier molecular flexibility index (Phi) is 2.61. The van der Waals surface area contributed by atoms with Crippen LogP contribution in [0.15, 0.2) is 12.4 Å². The predicted octanol–water partition coefficient (Wildman–Crippen LogP) is 2.09. The molecule has 1 fully saturated rings. The zero-order valence-electron chi connectivity index (χ0n) is 8.20. The van der Waals surface area contributed by atoms with Crippen molar-refractivity contribution in [2.24, 2.45) is 0 Å². The molecular formula is C10H14FN3. The van der Waals surface area contributed by atoms with Crippen LogP contribution in [-0.2, 0) is 0 Å². The third-order valence-corrected chi connectivity index (χ3v) is 2.52. The van der Waals surface area contributed by atoms with Crippen LogP contribution in [0.3, 0.4) is 0 Å². The average molecular weight is 195 g/mol. The van der Waals surface area contributed by atoms with Crippen LogP contribution in [0.25, 0.3) is 0 Å². The molecule has 2 unspecified atom stereocenters. The number of rotatable bonds is 2. The molecule has 2 atom stereocenters. The van der Waals surface area contributed by atoms with E-state index in [0.29, 0.717) is 12.2 Å². The van der Waals surface area contributed by atoms with E-state index in [1.165, 1.54) is 0 Å². The van der Waals surface area contributed by atoms with E-state index in [-0.39, 0.29) is 6.04 Å². The summed E-state index contributed by atoms with van der Waals surface area (Å²) >= 11 is 0. The molecule has 1 aliphatic rings. The van der Waals surface area contributed by atoms with Gasteiger partial charge in [0.1, 0.15) is 12.0 Å². The van der Waals surface area contributed by atoms with Gasteiger partial charge in [-0.05, 0) is 26.2 Å². The molecule has 76 valence electrons. The van der Waals surface area contributed by atoms with Gasteiger partial charge >= 0.3 is 0 Å². The largest absolute Gasteiger partial charge is 0.363 e. The minimum Gasteiger partial charge on any atom is -0.363 e. The molecule has 3 nitrogen and oxygen atoms in total. The van der Waals surface area contributed by atoms with Gasteiger partial charge in [0.15, 0.2) is 0 Å². The van der Waals surface area contributed by atoms with Gasteiger partial charge in [-0.1, -0.05) is 0 Å². The zero-order valence-corrected chi connectivity index (χ0v) is 8.20. The fraction of sp³-hybridized carbons (Fsp3) is 0.600. The van der Waals surface area contributed by atoms with Crippen LogP contribution in [0, 0.1) is 6.92 Å². The van der Waals surface area contributed by atoms with Gasteiger partial charge in [-0.3, -0.25) is 4.98 Å². The summed E-state index contributed by atoms with van der Waals surface area (Å²) in [6.45, 7) is 1.87. The molecule has 1 aliphatic carbocycles. The lowest BCUT2D eigenvalue weighted by atomic mass is 10.2. The second-order valence-electron chi connectivity index (χ2n) is 3.74. The normalized spacial score (nSPS) is 26.4. The number of hydrogen-bond donors (Lipinski definition) is 1. The van der Waals surface area contributed by atoms with Crippen molar-refractivity contribution in [1.29, 1.82) is 0 Å². The van der Waals surface area contributed by atoms with Crippen LogP contribution in [0.2, 0.25) is 0 Å². The third-order valence-electron chi connectivity index (χ3n) is 2.52. The van der Waals surface area contributed by atoms with Gasteiger partial charge in [-0.2, -0.15) is 0 Å².